The lowest BCUT2D eigenvalue weighted by atomic mass is 10.0. The van der Waals surface area contributed by atoms with E-state index in [0.29, 0.717) is 6.10 Å². The Balaban J connectivity index is 0.00000529. The zero-order chi connectivity index (χ0) is 17.3. The van der Waals surface area contributed by atoms with Crippen LogP contribution in [-0.2, 0) is 9.47 Å². The minimum atomic E-state index is 0. The molecule has 0 unspecified atom stereocenters. The number of rotatable bonds is 8. The molecule has 0 radical (unpaired) electrons. The quantitative estimate of drug-likeness (QED) is 0.262. The van der Waals surface area contributed by atoms with Crippen LogP contribution in [0.25, 0.3) is 0 Å². The maximum absolute atomic E-state index is 5.92. The summed E-state index contributed by atoms with van der Waals surface area (Å²) >= 11 is 0. The van der Waals surface area contributed by atoms with Crippen LogP contribution in [-0.4, -0.2) is 88.5 Å². The molecule has 1 aliphatic rings. The summed E-state index contributed by atoms with van der Waals surface area (Å²) < 4.78 is 11.0. The Labute approximate surface area is 165 Å². The number of hydrogen-bond donors (Lipinski definition) is 1. The van der Waals surface area contributed by atoms with E-state index in [9.17, 15) is 0 Å². The number of likely N-dealkylation sites (tertiary alicyclic amines) is 1. The molecular weight excluding hydrogens is 419 g/mol. The number of guanidine groups is 1. The van der Waals surface area contributed by atoms with E-state index in [2.05, 4.69) is 48.1 Å². The average Bonchev–Trinajstić information content (AvgIpc) is 2.53. The van der Waals surface area contributed by atoms with E-state index in [1.54, 1.807) is 7.11 Å². The van der Waals surface area contributed by atoms with Crippen molar-refractivity contribution >= 4 is 29.9 Å². The van der Waals surface area contributed by atoms with Crippen LogP contribution in [0.5, 0.6) is 0 Å². The van der Waals surface area contributed by atoms with Crippen LogP contribution in [0.15, 0.2) is 4.99 Å². The molecule has 1 aliphatic heterocycles. The van der Waals surface area contributed by atoms with Crippen LogP contribution in [0.3, 0.4) is 0 Å². The number of nitrogens with one attached hydrogen (secondary N) is 1. The second kappa shape index (κ2) is 12.3. The number of ether oxygens (including phenoxy) is 2. The zero-order valence-corrected chi connectivity index (χ0v) is 18.6. The number of halogens is 1. The lowest BCUT2D eigenvalue weighted by molar-refractivity contribution is 0.00981. The summed E-state index contributed by atoms with van der Waals surface area (Å²) in [6.45, 7) is 8.90. The predicted molar refractivity (Wildman–Crippen MR) is 112 cm³/mol. The maximum Gasteiger partial charge on any atom is 0.193 e. The molecule has 0 bridgehead atoms. The van der Waals surface area contributed by atoms with E-state index in [1.807, 2.05) is 7.05 Å². The fourth-order valence-electron chi connectivity index (χ4n) is 2.47. The van der Waals surface area contributed by atoms with Crippen molar-refractivity contribution in [3.05, 3.63) is 0 Å². The Morgan fingerprint density at radius 1 is 1.25 bits per heavy atom. The smallest absolute Gasteiger partial charge is 0.193 e. The molecule has 1 saturated heterocycles. The molecule has 1 fully saturated rings. The third-order valence-corrected chi connectivity index (χ3v) is 4.69. The fourth-order valence-corrected chi connectivity index (χ4v) is 2.47. The minimum Gasteiger partial charge on any atom is -0.385 e. The molecule has 0 spiro atoms. The Bertz CT molecular complexity index is 356. The second-order valence-electron chi connectivity index (χ2n) is 7.01. The molecule has 0 aromatic carbocycles. The van der Waals surface area contributed by atoms with Gasteiger partial charge in [0.2, 0.25) is 0 Å². The van der Waals surface area contributed by atoms with Gasteiger partial charge in [-0.1, -0.05) is 0 Å². The highest BCUT2D eigenvalue weighted by Gasteiger charge is 2.24. The summed E-state index contributed by atoms with van der Waals surface area (Å²) in [5, 5.41) is 3.51. The van der Waals surface area contributed by atoms with Crippen molar-refractivity contribution < 1.29 is 9.47 Å². The SMILES string of the molecule is CN=C(NCC(C)(C)N(C)C)N1CCC(OCCCOC)CC1.I. The van der Waals surface area contributed by atoms with Gasteiger partial charge >= 0.3 is 0 Å². The van der Waals surface area contributed by atoms with Gasteiger partial charge in [-0.3, -0.25) is 4.99 Å². The van der Waals surface area contributed by atoms with E-state index in [1.165, 1.54) is 0 Å². The van der Waals surface area contributed by atoms with E-state index in [-0.39, 0.29) is 29.5 Å². The molecule has 24 heavy (non-hydrogen) atoms. The minimum absolute atomic E-state index is 0. The standard InChI is InChI=1S/C17H36N4O2.HI/c1-17(2,20(4)5)14-19-16(18-3)21-10-8-15(9-11-21)23-13-7-12-22-6;/h15H,7-14H2,1-6H3,(H,18,19);1H. The van der Waals surface area contributed by atoms with Crippen molar-refractivity contribution in [3.8, 4) is 0 Å². The molecule has 0 atom stereocenters. The normalized spacial score (nSPS) is 17.1. The number of hydrogen-bond acceptors (Lipinski definition) is 4. The molecule has 0 saturated carbocycles. The first-order chi connectivity index (χ1) is 10.9. The van der Waals surface area contributed by atoms with Gasteiger partial charge in [0.1, 0.15) is 0 Å². The van der Waals surface area contributed by atoms with Gasteiger partial charge in [0.05, 0.1) is 6.10 Å². The van der Waals surface area contributed by atoms with Crippen LogP contribution in [0.1, 0.15) is 33.1 Å². The van der Waals surface area contributed by atoms with Crippen molar-refractivity contribution in [1.82, 2.24) is 15.1 Å². The molecule has 0 amide bonds. The lowest BCUT2D eigenvalue weighted by Crippen LogP contribution is -2.53. The summed E-state index contributed by atoms with van der Waals surface area (Å²) in [7, 11) is 7.81. The number of piperidine rings is 1. The molecule has 1 N–H and O–H groups in total. The Hall–Kier alpha value is -0.120. The fraction of sp³-hybridized carbons (Fsp3) is 0.941. The molecule has 0 aromatic heterocycles. The number of aliphatic imine (C=N–C) groups is 1. The molecule has 0 aliphatic carbocycles. The van der Waals surface area contributed by atoms with Crippen LogP contribution in [0.4, 0.5) is 0 Å². The monoisotopic (exact) mass is 456 g/mol. The first kappa shape index (κ1) is 23.9. The van der Waals surface area contributed by atoms with Crippen molar-refractivity contribution in [2.75, 3.05) is 61.1 Å². The van der Waals surface area contributed by atoms with Gasteiger partial charge in [-0.05, 0) is 47.2 Å². The molecular formula is C17H37IN4O2. The Morgan fingerprint density at radius 3 is 2.38 bits per heavy atom. The van der Waals surface area contributed by atoms with E-state index < -0.39 is 0 Å². The third kappa shape index (κ3) is 8.31. The number of likely N-dealkylation sites (N-methyl/N-ethyl adjacent to an activating group) is 1. The third-order valence-electron chi connectivity index (χ3n) is 4.69. The van der Waals surface area contributed by atoms with Gasteiger partial charge in [0, 0.05) is 52.5 Å². The Kier molecular flexibility index (Phi) is 12.2. The molecule has 0 aromatic rings. The first-order valence-electron chi connectivity index (χ1n) is 8.64. The van der Waals surface area contributed by atoms with Crippen molar-refractivity contribution in [3.63, 3.8) is 0 Å². The second-order valence-corrected chi connectivity index (χ2v) is 7.01. The van der Waals surface area contributed by atoms with Gasteiger partial charge in [-0.25, -0.2) is 0 Å². The maximum atomic E-state index is 5.92. The van der Waals surface area contributed by atoms with Crippen molar-refractivity contribution in [2.45, 2.75) is 44.8 Å². The van der Waals surface area contributed by atoms with Crippen molar-refractivity contribution in [2.24, 2.45) is 4.99 Å². The number of methoxy groups -OCH3 is 1. The van der Waals surface area contributed by atoms with Gasteiger partial charge in [0.15, 0.2) is 5.96 Å². The topological polar surface area (TPSA) is 49.3 Å². The van der Waals surface area contributed by atoms with Gasteiger partial charge in [0.25, 0.3) is 0 Å². The largest absolute Gasteiger partial charge is 0.385 e. The van der Waals surface area contributed by atoms with E-state index in [0.717, 1.165) is 58.1 Å². The van der Waals surface area contributed by atoms with Gasteiger partial charge in [-0.2, -0.15) is 0 Å². The van der Waals surface area contributed by atoms with Crippen LogP contribution >= 0.6 is 24.0 Å². The predicted octanol–water partition coefficient (Wildman–Crippen LogP) is 2.04. The van der Waals surface area contributed by atoms with Gasteiger partial charge < -0.3 is 24.6 Å². The van der Waals surface area contributed by atoms with Gasteiger partial charge in [-0.15, -0.1) is 24.0 Å². The molecule has 144 valence electrons. The lowest BCUT2D eigenvalue weighted by Gasteiger charge is -2.37. The number of nitrogens with zero attached hydrogens (tertiary/aromatic N) is 3. The first-order valence-corrected chi connectivity index (χ1v) is 8.64. The summed E-state index contributed by atoms with van der Waals surface area (Å²) in [6.07, 6.45) is 3.47. The Morgan fingerprint density at radius 2 is 1.88 bits per heavy atom. The van der Waals surface area contributed by atoms with Crippen molar-refractivity contribution in [1.29, 1.82) is 0 Å². The summed E-state index contributed by atoms with van der Waals surface area (Å²) in [6, 6.07) is 0. The molecule has 1 rings (SSSR count). The zero-order valence-electron chi connectivity index (χ0n) is 16.3. The summed E-state index contributed by atoms with van der Waals surface area (Å²) in [4.78, 5) is 9.00. The van der Waals surface area contributed by atoms with E-state index in [4.69, 9.17) is 9.47 Å². The van der Waals surface area contributed by atoms with Crippen LogP contribution in [0.2, 0.25) is 0 Å². The highest BCUT2D eigenvalue weighted by atomic mass is 127. The van der Waals surface area contributed by atoms with E-state index >= 15 is 0 Å². The molecule has 1 heterocycles. The molecule has 7 heteroatoms. The summed E-state index contributed by atoms with van der Waals surface area (Å²) in [5.74, 6) is 0.998. The average molecular weight is 456 g/mol. The summed E-state index contributed by atoms with van der Waals surface area (Å²) in [5.41, 5.74) is 0.0960. The highest BCUT2D eigenvalue weighted by molar-refractivity contribution is 14.0. The highest BCUT2D eigenvalue weighted by Crippen LogP contribution is 2.15. The molecule has 6 nitrogen and oxygen atoms in total. The van der Waals surface area contributed by atoms with Crippen LogP contribution in [0, 0.1) is 0 Å². The van der Waals surface area contributed by atoms with Crippen LogP contribution < -0.4 is 5.32 Å².